The molecule has 0 spiro atoms. The Hall–Kier alpha value is -4.12. The van der Waals surface area contributed by atoms with Gasteiger partial charge in [0, 0.05) is 47.8 Å². The summed E-state index contributed by atoms with van der Waals surface area (Å²) in [5, 5.41) is 0. The molecule has 5 nitrogen and oxygen atoms in total. The van der Waals surface area contributed by atoms with E-state index >= 15 is 0 Å². The molecule has 1 aliphatic heterocycles. The molecule has 0 bridgehead atoms. The Bertz CT molecular complexity index is 1640. The first-order chi connectivity index (χ1) is 21.9. The van der Waals surface area contributed by atoms with Crippen LogP contribution in [0.5, 0.6) is 11.5 Å². The van der Waals surface area contributed by atoms with E-state index in [0.29, 0.717) is 37.6 Å². The molecule has 0 fully saturated rings. The van der Waals surface area contributed by atoms with E-state index in [2.05, 4.69) is 88.0 Å². The lowest BCUT2D eigenvalue weighted by atomic mass is 9.63. The number of allylic oxidation sites excluding steroid dienone is 4. The zero-order valence-corrected chi connectivity index (χ0v) is 28.2. The number of benzene rings is 3. The average Bonchev–Trinajstić information content (AvgIpc) is 2.99. The number of Topliss-reactive ketones (excluding diaryl/α,β-unsaturated/α-hetero) is 2. The van der Waals surface area contributed by atoms with Gasteiger partial charge < -0.3 is 14.4 Å². The maximum absolute atomic E-state index is 14.2. The van der Waals surface area contributed by atoms with E-state index in [1.54, 1.807) is 0 Å². The minimum Gasteiger partial charge on any atom is -0.490 e. The van der Waals surface area contributed by atoms with Crippen LogP contribution >= 0.6 is 0 Å². The van der Waals surface area contributed by atoms with Crippen LogP contribution in [0, 0.1) is 17.8 Å². The molecule has 6 rings (SSSR count). The van der Waals surface area contributed by atoms with Crippen molar-refractivity contribution in [2.24, 2.45) is 10.8 Å². The Morgan fingerprint density at radius 2 is 1.33 bits per heavy atom. The molecule has 5 heteroatoms. The van der Waals surface area contributed by atoms with Crippen LogP contribution in [0.1, 0.15) is 88.5 Å². The molecule has 0 N–H and O–H groups in total. The minimum atomic E-state index is -0.421. The number of hydrogen-bond acceptors (Lipinski definition) is 5. The van der Waals surface area contributed by atoms with E-state index in [0.717, 1.165) is 59.5 Å². The van der Waals surface area contributed by atoms with Gasteiger partial charge in [-0.15, -0.1) is 0 Å². The van der Waals surface area contributed by atoms with Crippen molar-refractivity contribution in [3.8, 4) is 11.5 Å². The van der Waals surface area contributed by atoms with Gasteiger partial charge in [0.05, 0.1) is 6.61 Å². The third-order valence-electron chi connectivity index (χ3n) is 9.60. The van der Waals surface area contributed by atoms with Crippen molar-refractivity contribution in [2.45, 2.75) is 86.2 Å². The number of hydrogen-bond donors (Lipinski definition) is 0. The monoisotopic (exact) mass is 617 g/mol. The number of carbonyl (C=O) groups excluding carboxylic acids is 2. The first kappa shape index (κ1) is 31.8. The molecule has 3 aromatic carbocycles. The van der Waals surface area contributed by atoms with Gasteiger partial charge in [-0.2, -0.15) is 0 Å². The zero-order chi connectivity index (χ0) is 32.6. The SMILES string of the molecule is CCOc1cc(C2C3=C(CC(C)(C)CC3=O)N(CCc3ccccc3)C3=C2C(=O)CC(C)(C)C3)ccc1OCc1ccc(C)cc1. The second-order valence-electron chi connectivity index (χ2n) is 14.8. The van der Waals surface area contributed by atoms with Crippen molar-refractivity contribution >= 4 is 11.6 Å². The first-order valence-corrected chi connectivity index (χ1v) is 16.7. The number of ether oxygens (including phenoxy) is 2. The summed E-state index contributed by atoms with van der Waals surface area (Å²) in [5.74, 6) is 1.15. The van der Waals surface area contributed by atoms with Gasteiger partial charge >= 0.3 is 0 Å². The average molecular weight is 618 g/mol. The fourth-order valence-electron chi connectivity index (χ4n) is 7.47. The second kappa shape index (κ2) is 12.6. The van der Waals surface area contributed by atoms with Gasteiger partial charge in [-0.1, -0.05) is 93.9 Å². The van der Waals surface area contributed by atoms with Crippen LogP contribution < -0.4 is 9.47 Å². The van der Waals surface area contributed by atoms with Crippen LogP contribution in [-0.2, 0) is 22.6 Å². The first-order valence-electron chi connectivity index (χ1n) is 16.7. The van der Waals surface area contributed by atoms with Crippen LogP contribution in [0.15, 0.2) is 95.3 Å². The zero-order valence-electron chi connectivity index (χ0n) is 28.2. The molecular weight excluding hydrogens is 570 g/mol. The van der Waals surface area contributed by atoms with E-state index in [-0.39, 0.29) is 22.4 Å². The van der Waals surface area contributed by atoms with Crippen LogP contribution in [-0.4, -0.2) is 29.6 Å². The van der Waals surface area contributed by atoms with E-state index < -0.39 is 5.92 Å². The molecule has 0 unspecified atom stereocenters. The van der Waals surface area contributed by atoms with Crippen molar-refractivity contribution in [2.75, 3.05) is 13.2 Å². The largest absolute Gasteiger partial charge is 0.490 e. The van der Waals surface area contributed by atoms with Crippen LogP contribution in [0.25, 0.3) is 0 Å². The third-order valence-corrected chi connectivity index (χ3v) is 9.60. The maximum Gasteiger partial charge on any atom is 0.162 e. The van der Waals surface area contributed by atoms with Gasteiger partial charge in [0.25, 0.3) is 0 Å². The molecule has 0 atom stereocenters. The Labute approximate surface area is 274 Å². The highest BCUT2D eigenvalue weighted by Crippen LogP contribution is 2.55. The molecule has 240 valence electrons. The summed E-state index contributed by atoms with van der Waals surface area (Å²) < 4.78 is 12.4. The van der Waals surface area contributed by atoms with Gasteiger partial charge in [-0.3, -0.25) is 9.59 Å². The quantitative estimate of drug-likeness (QED) is 0.240. The standard InChI is InChI=1S/C41H47NO4/c1-7-45-36-21-30(17-18-35(36)46-26-29-15-13-27(2)14-16-29)37-38-31(22-40(3,4)24-33(38)43)42(20-19-28-11-9-8-10-12-28)32-23-41(5,6)25-34(44)39(32)37/h8-18,21,37H,7,19-20,22-26H2,1-6H3. The Morgan fingerprint density at radius 3 is 1.91 bits per heavy atom. The lowest BCUT2D eigenvalue weighted by Gasteiger charge is -2.49. The molecule has 1 heterocycles. The fourth-order valence-corrected chi connectivity index (χ4v) is 7.47. The van der Waals surface area contributed by atoms with Crippen molar-refractivity contribution in [1.82, 2.24) is 4.90 Å². The molecule has 0 saturated heterocycles. The molecule has 0 aromatic heterocycles. The maximum atomic E-state index is 14.2. The topological polar surface area (TPSA) is 55.8 Å². The minimum absolute atomic E-state index is 0.141. The second-order valence-corrected chi connectivity index (χ2v) is 14.8. The van der Waals surface area contributed by atoms with Crippen LogP contribution in [0.3, 0.4) is 0 Å². The summed E-state index contributed by atoms with van der Waals surface area (Å²) >= 11 is 0. The fraction of sp³-hybridized carbons (Fsp3) is 0.415. The highest BCUT2D eigenvalue weighted by molar-refractivity contribution is 6.06. The van der Waals surface area contributed by atoms with Gasteiger partial charge in [-0.25, -0.2) is 0 Å². The molecule has 46 heavy (non-hydrogen) atoms. The molecule has 0 radical (unpaired) electrons. The molecule has 0 amide bonds. The van der Waals surface area contributed by atoms with E-state index in [1.165, 1.54) is 11.1 Å². The molecule has 0 saturated carbocycles. The molecular formula is C41H47NO4. The van der Waals surface area contributed by atoms with Crippen molar-refractivity contribution in [3.63, 3.8) is 0 Å². The predicted octanol–water partition coefficient (Wildman–Crippen LogP) is 8.90. The molecule has 3 aliphatic rings. The van der Waals surface area contributed by atoms with Gasteiger partial charge in [-0.05, 0) is 72.8 Å². The Balaban J connectivity index is 1.45. The molecule has 2 aliphatic carbocycles. The van der Waals surface area contributed by atoms with E-state index in [9.17, 15) is 9.59 Å². The normalized spacial score (nSPS) is 19.2. The predicted molar refractivity (Wildman–Crippen MR) is 183 cm³/mol. The summed E-state index contributed by atoms with van der Waals surface area (Å²) in [7, 11) is 0. The third kappa shape index (κ3) is 6.56. The Morgan fingerprint density at radius 1 is 0.717 bits per heavy atom. The summed E-state index contributed by atoms with van der Waals surface area (Å²) in [6, 6.07) is 24.8. The van der Waals surface area contributed by atoms with E-state index in [1.807, 2.05) is 31.2 Å². The van der Waals surface area contributed by atoms with E-state index in [4.69, 9.17) is 9.47 Å². The molecule has 3 aromatic rings. The van der Waals surface area contributed by atoms with Crippen molar-refractivity contribution in [3.05, 3.63) is 118 Å². The summed E-state index contributed by atoms with van der Waals surface area (Å²) in [5.41, 5.74) is 7.87. The van der Waals surface area contributed by atoms with Crippen LogP contribution in [0.4, 0.5) is 0 Å². The van der Waals surface area contributed by atoms with Crippen molar-refractivity contribution in [1.29, 1.82) is 0 Å². The van der Waals surface area contributed by atoms with Gasteiger partial charge in [0.1, 0.15) is 6.61 Å². The number of carbonyl (C=O) groups is 2. The van der Waals surface area contributed by atoms with Crippen molar-refractivity contribution < 1.29 is 19.1 Å². The van der Waals surface area contributed by atoms with Gasteiger partial charge in [0.2, 0.25) is 0 Å². The summed E-state index contributed by atoms with van der Waals surface area (Å²) in [6.07, 6.45) is 3.35. The lowest BCUT2D eigenvalue weighted by molar-refractivity contribution is -0.119. The summed E-state index contributed by atoms with van der Waals surface area (Å²) in [4.78, 5) is 30.9. The number of ketones is 2. The number of rotatable bonds is 9. The lowest BCUT2D eigenvalue weighted by Crippen LogP contribution is -2.45. The smallest absolute Gasteiger partial charge is 0.162 e. The Kier molecular flexibility index (Phi) is 8.71. The number of aryl methyl sites for hydroxylation is 1. The number of nitrogens with zero attached hydrogens (tertiary/aromatic N) is 1. The highest BCUT2D eigenvalue weighted by atomic mass is 16.5. The highest BCUT2D eigenvalue weighted by Gasteiger charge is 2.49. The summed E-state index contributed by atoms with van der Waals surface area (Å²) in [6.45, 7) is 14.4. The van der Waals surface area contributed by atoms with Crippen LogP contribution in [0.2, 0.25) is 0 Å². The van der Waals surface area contributed by atoms with Gasteiger partial charge in [0.15, 0.2) is 23.1 Å².